The van der Waals surface area contributed by atoms with Gasteiger partial charge in [-0.25, -0.2) is 0 Å². The summed E-state index contributed by atoms with van der Waals surface area (Å²) in [6.45, 7) is 5.86. The van der Waals surface area contributed by atoms with E-state index in [1.807, 2.05) is 51.1 Å². The highest BCUT2D eigenvalue weighted by molar-refractivity contribution is 6.00. The highest BCUT2D eigenvalue weighted by atomic mass is 16.5. The number of anilines is 1. The minimum absolute atomic E-state index is 0.0627. The van der Waals surface area contributed by atoms with E-state index in [2.05, 4.69) is 10.6 Å². The van der Waals surface area contributed by atoms with Crippen LogP contribution in [0.3, 0.4) is 0 Å². The Kier molecular flexibility index (Phi) is 7.94. The van der Waals surface area contributed by atoms with Gasteiger partial charge < -0.3 is 25.0 Å². The lowest BCUT2D eigenvalue weighted by Gasteiger charge is -2.42. The van der Waals surface area contributed by atoms with Gasteiger partial charge in [0.2, 0.25) is 11.8 Å². The molecule has 1 saturated heterocycles. The van der Waals surface area contributed by atoms with Gasteiger partial charge in [0.15, 0.2) is 0 Å². The second-order valence-electron chi connectivity index (χ2n) is 9.93. The summed E-state index contributed by atoms with van der Waals surface area (Å²) < 4.78 is 12.3. The van der Waals surface area contributed by atoms with Crippen molar-refractivity contribution in [1.82, 2.24) is 10.2 Å². The Bertz CT molecular complexity index is 1100. The van der Waals surface area contributed by atoms with Crippen molar-refractivity contribution in [3.05, 3.63) is 59.7 Å². The standard InChI is InChI=1S/C28H35N3O5/c1-17(2)27(33)30-20-10-13-24-22(14-20)28(34)31(4)23-12-11-21(36-25(23)16-35-24)15-26(32)29-18(3)19-8-6-5-7-9-19/h5-10,13-14,17-18,21,23,25H,11-12,15-16H2,1-4H3,(H,29,32)(H,30,33)/t18-,21-,23-,25+/m1/s1. The second-order valence-corrected chi connectivity index (χ2v) is 9.93. The predicted octanol–water partition coefficient (Wildman–Crippen LogP) is 3.93. The van der Waals surface area contributed by atoms with Gasteiger partial charge >= 0.3 is 0 Å². The molecule has 2 aliphatic rings. The van der Waals surface area contributed by atoms with Crippen LogP contribution >= 0.6 is 0 Å². The zero-order chi connectivity index (χ0) is 25.8. The van der Waals surface area contributed by atoms with E-state index in [0.29, 0.717) is 29.8 Å². The summed E-state index contributed by atoms with van der Waals surface area (Å²) in [4.78, 5) is 39.8. The topological polar surface area (TPSA) is 97.0 Å². The van der Waals surface area contributed by atoms with Crippen molar-refractivity contribution in [2.75, 3.05) is 19.0 Å². The van der Waals surface area contributed by atoms with Crippen LogP contribution in [-0.2, 0) is 14.3 Å². The molecule has 0 unspecified atom stereocenters. The van der Waals surface area contributed by atoms with Crippen LogP contribution in [0.4, 0.5) is 5.69 Å². The molecule has 0 bridgehead atoms. The molecule has 2 aliphatic heterocycles. The van der Waals surface area contributed by atoms with Gasteiger partial charge in [-0.2, -0.15) is 0 Å². The summed E-state index contributed by atoms with van der Waals surface area (Å²) in [7, 11) is 1.77. The van der Waals surface area contributed by atoms with E-state index in [9.17, 15) is 14.4 Å². The third-order valence-corrected chi connectivity index (χ3v) is 6.89. The maximum Gasteiger partial charge on any atom is 0.257 e. The third-order valence-electron chi connectivity index (χ3n) is 6.89. The molecular formula is C28H35N3O5. The third kappa shape index (κ3) is 5.87. The fourth-order valence-electron chi connectivity index (χ4n) is 4.72. The number of hydrogen-bond donors (Lipinski definition) is 2. The van der Waals surface area contributed by atoms with E-state index < -0.39 is 0 Å². The zero-order valence-electron chi connectivity index (χ0n) is 21.3. The Morgan fingerprint density at radius 1 is 1.08 bits per heavy atom. The monoisotopic (exact) mass is 493 g/mol. The minimum Gasteiger partial charge on any atom is -0.490 e. The highest BCUT2D eigenvalue weighted by Crippen LogP contribution is 2.32. The fourth-order valence-corrected chi connectivity index (χ4v) is 4.72. The molecule has 1 fully saturated rings. The zero-order valence-corrected chi connectivity index (χ0v) is 21.3. The molecule has 8 heteroatoms. The summed E-state index contributed by atoms with van der Waals surface area (Å²) in [5.41, 5.74) is 2.02. The van der Waals surface area contributed by atoms with Gasteiger partial charge in [0.25, 0.3) is 5.91 Å². The molecule has 2 N–H and O–H groups in total. The fraction of sp³-hybridized carbons (Fsp3) is 0.464. The molecule has 2 heterocycles. The summed E-state index contributed by atoms with van der Waals surface area (Å²) >= 11 is 0. The number of ether oxygens (including phenoxy) is 2. The Balaban J connectivity index is 1.40. The van der Waals surface area contributed by atoms with Crippen molar-refractivity contribution in [3.63, 3.8) is 0 Å². The van der Waals surface area contributed by atoms with Crippen LogP contribution in [0.15, 0.2) is 48.5 Å². The van der Waals surface area contributed by atoms with Gasteiger partial charge in [-0.15, -0.1) is 0 Å². The van der Waals surface area contributed by atoms with Crippen LogP contribution in [0, 0.1) is 5.92 Å². The van der Waals surface area contributed by atoms with Gasteiger partial charge in [-0.1, -0.05) is 44.2 Å². The minimum atomic E-state index is -0.342. The van der Waals surface area contributed by atoms with E-state index in [4.69, 9.17) is 9.47 Å². The molecule has 2 aromatic carbocycles. The Hall–Kier alpha value is -3.39. The van der Waals surface area contributed by atoms with E-state index in [0.717, 1.165) is 5.56 Å². The number of benzene rings is 2. The van der Waals surface area contributed by atoms with Crippen molar-refractivity contribution < 1.29 is 23.9 Å². The SMILES string of the molecule is CC(C)C(=O)Nc1ccc2c(c1)C(=O)N(C)[C@@H]1CC[C@H](CC(=O)N[C@H](C)c3ccccc3)O[C@H]1CO2. The maximum atomic E-state index is 13.3. The largest absolute Gasteiger partial charge is 0.490 e. The van der Waals surface area contributed by atoms with E-state index >= 15 is 0 Å². The van der Waals surface area contributed by atoms with Crippen molar-refractivity contribution in [2.45, 2.75) is 64.3 Å². The number of hydrogen-bond acceptors (Lipinski definition) is 5. The van der Waals surface area contributed by atoms with E-state index in [1.54, 1.807) is 30.1 Å². The molecule has 0 radical (unpaired) electrons. The van der Waals surface area contributed by atoms with Crippen LogP contribution < -0.4 is 15.4 Å². The first-order chi connectivity index (χ1) is 17.2. The van der Waals surface area contributed by atoms with Gasteiger partial charge in [0, 0.05) is 18.7 Å². The lowest BCUT2D eigenvalue weighted by atomic mass is 9.94. The van der Waals surface area contributed by atoms with Gasteiger partial charge in [-0.3, -0.25) is 14.4 Å². The lowest BCUT2D eigenvalue weighted by molar-refractivity contribution is -0.134. The molecule has 2 aromatic rings. The van der Waals surface area contributed by atoms with Gasteiger partial charge in [-0.05, 0) is 43.5 Å². The Morgan fingerprint density at radius 3 is 2.56 bits per heavy atom. The number of amides is 3. The first-order valence-corrected chi connectivity index (χ1v) is 12.6. The molecule has 3 amide bonds. The maximum absolute atomic E-state index is 13.3. The Morgan fingerprint density at radius 2 is 1.83 bits per heavy atom. The number of nitrogens with one attached hydrogen (secondary N) is 2. The van der Waals surface area contributed by atoms with Crippen LogP contribution in [0.25, 0.3) is 0 Å². The van der Waals surface area contributed by atoms with Crippen LogP contribution in [0.2, 0.25) is 0 Å². The lowest BCUT2D eigenvalue weighted by Crippen LogP contribution is -2.54. The molecule has 0 aromatic heterocycles. The van der Waals surface area contributed by atoms with E-state index in [1.165, 1.54) is 0 Å². The number of rotatable bonds is 6. The molecule has 0 aliphatic carbocycles. The number of fused-ring (bicyclic) bond motifs is 2. The number of likely N-dealkylation sites (N-methyl/N-ethyl adjacent to an activating group) is 1. The smallest absolute Gasteiger partial charge is 0.257 e. The molecular weight excluding hydrogens is 458 g/mol. The summed E-state index contributed by atoms with van der Waals surface area (Å²) in [5.74, 6) is -0.0769. The van der Waals surface area contributed by atoms with Crippen molar-refractivity contribution in [3.8, 4) is 5.75 Å². The number of carbonyl (C=O) groups excluding carboxylic acids is 3. The normalized spacial score (nSPS) is 22.4. The van der Waals surface area contributed by atoms with Crippen molar-refractivity contribution in [2.24, 2.45) is 5.92 Å². The molecule has 4 atom stereocenters. The molecule has 4 rings (SSSR count). The highest BCUT2D eigenvalue weighted by Gasteiger charge is 2.39. The first kappa shape index (κ1) is 25.7. The average Bonchev–Trinajstić information content (AvgIpc) is 2.86. The summed E-state index contributed by atoms with van der Waals surface area (Å²) in [5, 5.41) is 5.89. The van der Waals surface area contributed by atoms with Crippen LogP contribution in [0.1, 0.15) is 62.0 Å². The summed E-state index contributed by atoms with van der Waals surface area (Å²) in [6.07, 6.45) is 1.05. The summed E-state index contributed by atoms with van der Waals surface area (Å²) in [6, 6.07) is 14.7. The second kappa shape index (κ2) is 11.1. The molecule has 0 spiro atoms. The van der Waals surface area contributed by atoms with Gasteiger partial charge in [0.05, 0.1) is 30.2 Å². The average molecular weight is 494 g/mol. The molecule has 8 nitrogen and oxygen atoms in total. The first-order valence-electron chi connectivity index (χ1n) is 12.6. The van der Waals surface area contributed by atoms with Crippen LogP contribution in [0.5, 0.6) is 5.75 Å². The van der Waals surface area contributed by atoms with E-state index in [-0.39, 0.29) is 61.0 Å². The number of carbonyl (C=O) groups is 3. The van der Waals surface area contributed by atoms with Gasteiger partial charge in [0.1, 0.15) is 18.5 Å². The molecule has 0 saturated carbocycles. The van der Waals surface area contributed by atoms with Crippen LogP contribution in [-0.4, -0.2) is 54.5 Å². The molecule has 36 heavy (non-hydrogen) atoms. The molecule has 192 valence electrons. The quantitative estimate of drug-likeness (QED) is 0.636. The van der Waals surface area contributed by atoms with Crippen molar-refractivity contribution >= 4 is 23.4 Å². The van der Waals surface area contributed by atoms with Crippen molar-refractivity contribution in [1.29, 1.82) is 0 Å². The number of nitrogens with zero attached hydrogens (tertiary/aromatic N) is 1. The predicted molar refractivity (Wildman–Crippen MR) is 137 cm³/mol. The Labute approximate surface area is 212 Å².